The molecule has 2 saturated heterocycles. The molecule has 7 nitrogen and oxygen atoms in total. The fourth-order valence-corrected chi connectivity index (χ4v) is 4.60. The van der Waals surface area contributed by atoms with Gasteiger partial charge in [-0.25, -0.2) is 8.42 Å². The van der Waals surface area contributed by atoms with Crippen molar-refractivity contribution < 1.29 is 13.3 Å². The van der Waals surface area contributed by atoms with Gasteiger partial charge in [0.05, 0.1) is 4.92 Å². The first-order valence-electron chi connectivity index (χ1n) is 8.34. The van der Waals surface area contributed by atoms with Crippen LogP contribution in [0.25, 0.3) is 0 Å². The molecule has 8 heteroatoms. The lowest BCUT2D eigenvalue weighted by molar-refractivity contribution is -0.387. The van der Waals surface area contributed by atoms with Gasteiger partial charge in [-0.1, -0.05) is 0 Å². The molecule has 132 valence electrons. The van der Waals surface area contributed by atoms with Gasteiger partial charge in [0.1, 0.15) is 4.90 Å². The summed E-state index contributed by atoms with van der Waals surface area (Å²) < 4.78 is 23.8. The minimum Gasteiger partial charge on any atom is -0.371 e. The second kappa shape index (κ2) is 6.68. The summed E-state index contributed by atoms with van der Waals surface area (Å²) in [5, 5.41) is 11.1. The van der Waals surface area contributed by atoms with Crippen molar-refractivity contribution in [1.82, 2.24) is 4.90 Å². The second-order valence-electron chi connectivity index (χ2n) is 6.64. The second-order valence-corrected chi connectivity index (χ2v) is 8.63. The Morgan fingerprint density at radius 1 is 1.12 bits per heavy atom. The van der Waals surface area contributed by atoms with Crippen LogP contribution in [-0.4, -0.2) is 56.7 Å². The van der Waals surface area contributed by atoms with Crippen LogP contribution in [0.15, 0.2) is 23.1 Å². The summed E-state index contributed by atoms with van der Waals surface area (Å²) in [5.41, 5.74) is 0.397. The van der Waals surface area contributed by atoms with E-state index in [2.05, 4.69) is 9.80 Å². The molecular formula is C16H23N3O4S. The fraction of sp³-hybridized carbons (Fsp3) is 0.625. The molecule has 0 aliphatic carbocycles. The van der Waals surface area contributed by atoms with Crippen molar-refractivity contribution in [2.24, 2.45) is 0 Å². The highest BCUT2D eigenvalue weighted by molar-refractivity contribution is 7.90. The van der Waals surface area contributed by atoms with E-state index < -0.39 is 14.8 Å². The van der Waals surface area contributed by atoms with Gasteiger partial charge in [0, 0.05) is 37.1 Å². The van der Waals surface area contributed by atoms with Crippen LogP contribution < -0.4 is 4.90 Å². The Balaban J connectivity index is 1.77. The van der Waals surface area contributed by atoms with Gasteiger partial charge in [-0.05, 0) is 50.9 Å². The van der Waals surface area contributed by atoms with Crippen LogP contribution in [0.1, 0.15) is 25.7 Å². The molecule has 1 aromatic carbocycles. The number of benzene rings is 1. The minimum absolute atomic E-state index is 0.202. The molecule has 0 aromatic heterocycles. The molecule has 0 amide bonds. The number of hydrogen-bond donors (Lipinski definition) is 0. The van der Waals surface area contributed by atoms with Crippen LogP contribution in [0.5, 0.6) is 0 Å². The van der Waals surface area contributed by atoms with Crippen LogP contribution in [-0.2, 0) is 9.84 Å². The summed E-state index contributed by atoms with van der Waals surface area (Å²) >= 11 is 0. The molecule has 0 atom stereocenters. The standard InChI is InChI=1S/C16H23N3O4S/c1-24(22,23)16-12-14(4-5-15(16)19(20)21)18-10-6-13(7-11-18)17-8-2-3-9-17/h4-5,12-13H,2-3,6-11H2,1H3. The van der Waals surface area contributed by atoms with Gasteiger partial charge in [-0.2, -0.15) is 0 Å². The van der Waals surface area contributed by atoms with Crippen LogP contribution >= 0.6 is 0 Å². The number of likely N-dealkylation sites (tertiary alicyclic amines) is 1. The highest BCUT2D eigenvalue weighted by Crippen LogP contribution is 2.31. The minimum atomic E-state index is -3.64. The molecule has 2 aliphatic heterocycles. The van der Waals surface area contributed by atoms with Crippen LogP contribution in [0.4, 0.5) is 11.4 Å². The number of anilines is 1. The SMILES string of the molecule is CS(=O)(=O)c1cc(N2CCC(N3CCCC3)CC2)ccc1[N+](=O)[O-]. The summed E-state index contributed by atoms with van der Waals surface area (Å²) in [5.74, 6) is 0. The maximum atomic E-state index is 11.9. The molecule has 0 N–H and O–H groups in total. The lowest BCUT2D eigenvalue weighted by Gasteiger charge is -2.37. The Morgan fingerprint density at radius 2 is 1.75 bits per heavy atom. The molecule has 0 spiro atoms. The first kappa shape index (κ1) is 17.2. The van der Waals surface area contributed by atoms with Gasteiger partial charge >= 0.3 is 0 Å². The summed E-state index contributed by atoms with van der Waals surface area (Å²) in [6.45, 7) is 4.06. The highest BCUT2D eigenvalue weighted by Gasteiger charge is 2.28. The normalized spacial score (nSPS) is 20.5. The number of nitro benzene ring substituents is 1. The Kier molecular flexibility index (Phi) is 4.78. The molecule has 2 aliphatic rings. The van der Waals surface area contributed by atoms with Crippen molar-refractivity contribution >= 4 is 21.2 Å². The number of nitrogens with zero attached hydrogens (tertiary/aromatic N) is 3. The lowest BCUT2D eigenvalue weighted by atomic mass is 10.0. The number of rotatable bonds is 4. The Labute approximate surface area is 142 Å². The van der Waals surface area contributed by atoms with Crippen molar-refractivity contribution in [3.63, 3.8) is 0 Å². The maximum absolute atomic E-state index is 11.9. The molecule has 0 bridgehead atoms. The summed E-state index contributed by atoms with van der Waals surface area (Å²) in [4.78, 5) is 14.9. The largest absolute Gasteiger partial charge is 0.371 e. The smallest absolute Gasteiger partial charge is 0.288 e. The van der Waals surface area contributed by atoms with E-state index in [-0.39, 0.29) is 10.6 Å². The van der Waals surface area contributed by atoms with Crippen molar-refractivity contribution in [3.8, 4) is 0 Å². The molecule has 2 heterocycles. The topological polar surface area (TPSA) is 83.8 Å². The summed E-state index contributed by atoms with van der Waals surface area (Å²) in [7, 11) is -3.64. The number of piperidine rings is 1. The van der Waals surface area contributed by atoms with E-state index >= 15 is 0 Å². The summed E-state index contributed by atoms with van der Waals surface area (Å²) in [6, 6.07) is 5.02. The van der Waals surface area contributed by atoms with Crippen LogP contribution in [0, 0.1) is 10.1 Å². The van der Waals surface area contributed by atoms with Gasteiger partial charge in [-0.3, -0.25) is 10.1 Å². The van der Waals surface area contributed by atoms with Crippen molar-refractivity contribution in [2.75, 3.05) is 37.3 Å². The molecular weight excluding hydrogens is 330 g/mol. The number of nitro groups is 1. The average molecular weight is 353 g/mol. The molecule has 1 aromatic rings. The Morgan fingerprint density at radius 3 is 2.29 bits per heavy atom. The maximum Gasteiger partial charge on any atom is 0.288 e. The van der Waals surface area contributed by atoms with Gasteiger partial charge in [0.15, 0.2) is 9.84 Å². The van der Waals surface area contributed by atoms with Crippen molar-refractivity contribution in [2.45, 2.75) is 36.6 Å². The van der Waals surface area contributed by atoms with Crippen molar-refractivity contribution in [3.05, 3.63) is 28.3 Å². The molecule has 0 radical (unpaired) electrons. The van der Waals surface area contributed by atoms with Gasteiger partial charge in [-0.15, -0.1) is 0 Å². The first-order chi connectivity index (χ1) is 11.4. The predicted molar refractivity (Wildman–Crippen MR) is 92.2 cm³/mol. The Bertz CT molecular complexity index is 721. The van der Waals surface area contributed by atoms with E-state index in [9.17, 15) is 18.5 Å². The quantitative estimate of drug-likeness (QED) is 0.608. The first-order valence-corrected chi connectivity index (χ1v) is 10.2. The lowest BCUT2D eigenvalue weighted by Crippen LogP contribution is -2.43. The van der Waals surface area contributed by atoms with E-state index in [1.54, 1.807) is 6.07 Å². The fourth-order valence-electron chi connectivity index (χ4n) is 3.74. The van der Waals surface area contributed by atoms with Gasteiger partial charge < -0.3 is 9.80 Å². The third-order valence-corrected chi connectivity index (χ3v) is 6.15. The number of hydrogen-bond acceptors (Lipinski definition) is 6. The van der Waals surface area contributed by atoms with E-state index in [1.165, 1.54) is 38.1 Å². The summed E-state index contributed by atoms with van der Waals surface area (Å²) in [6.07, 6.45) is 5.66. The van der Waals surface area contributed by atoms with Crippen LogP contribution in [0.2, 0.25) is 0 Å². The monoisotopic (exact) mass is 353 g/mol. The third-order valence-electron chi connectivity index (χ3n) is 5.03. The molecule has 0 saturated carbocycles. The van der Waals surface area contributed by atoms with Crippen molar-refractivity contribution in [1.29, 1.82) is 0 Å². The van der Waals surface area contributed by atoms with E-state index in [4.69, 9.17) is 0 Å². The van der Waals surface area contributed by atoms with Gasteiger partial charge in [0.25, 0.3) is 5.69 Å². The number of sulfone groups is 1. The Hall–Kier alpha value is -1.67. The molecule has 2 fully saturated rings. The third kappa shape index (κ3) is 3.54. The molecule has 24 heavy (non-hydrogen) atoms. The molecule has 3 rings (SSSR count). The van der Waals surface area contributed by atoms with E-state index in [0.29, 0.717) is 6.04 Å². The average Bonchev–Trinajstić information content (AvgIpc) is 3.08. The van der Waals surface area contributed by atoms with Crippen LogP contribution in [0.3, 0.4) is 0 Å². The highest BCUT2D eigenvalue weighted by atomic mass is 32.2. The van der Waals surface area contributed by atoms with E-state index in [0.717, 1.165) is 37.9 Å². The molecule has 0 unspecified atom stereocenters. The van der Waals surface area contributed by atoms with Gasteiger partial charge in [0.2, 0.25) is 0 Å². The zero-order valence-electron chi connectivity index (χ0n) is 13.8. The zero-order chi connectivity index (χ0) is 17.3. The van der Waals surface area contributed by atoms with E-state index in [1.807, 2.05) is 0 Å². The zero-order valence-corrected chi connectivity index (χ0v) is 14.7. The predicted octanol–water partition coefficient (Wildman–Crippen LogP) is 2.06.